The molecule has 20 heavy (non-hydrogen) atoms. The quantitative estimate of drug-likeness (QED) is 0.874. The van der Waals surface area contributed by atoms with Crippen LogP contribution in [0.2, 0.25) is 0 Å². The zero-order valence-electron chi connectivity index (χ0n) is 11.6. The largest absolute Gasteiger partial charge is 0.360 e. The first-order chi connectivity index (χ1) is 9.70. The molecule has 8 nitrogen and oxygen atoms in total. The fourth-order valence-corrected chi connectivity index (χ4v) is 2.08. The predicted molar refractivity (Wildman–Crippen MR) is 74.1 cm³/mol. The Morgan fingerprint density at radius 1 is 1.25 bits per heavy atom. The van der Waals surface area contributed by atoms with Crippen molar-refractivity contribution in [2.24, 2.45) is 0 Å². The lowest BCUT2D eigenvalue weighted by molar-refractivity contribution is 0.312. The van der Waals surface area contributed by atoms with Gasteiger partial charge in [-0.25, -0.2) is 0 Å². The second-order valence-electron chi connectivity index (χ2n) is 4.88. The van der Waals surface area contributed by atoms with Crippen LogP contribution in [0.4, 0.5) is 17.6 Å². The lowest BCUT2D eigenvalue weighted by Gasteiger charge is -2.32. The third kappa shape index (κ3) is 2.85. The van der Waals surface area contributed by atoms with Gasteiger partial charge in [0.1, 0.15) is 5.76 Å². The minimum Gasteiger partial charge on any atom is -0.360 e. The summed E-state index contributed by atoms with van der Waals surface area (Å²) in [6.45, 7) is 5.76. The van der Waals surface area contributed by atoms with E-state index in [1.807, 2.05) is 6.92 Å². The van der Waals surface area contributed by atoms with Gasteiger partial charge in [0.25, 0.3) is 0 Å². The van der Waals surface area contributed by atoms with Gasteiger partial charge in [0, 0.05) is 32.2 Å². The number of hydrogen-bond donors (Lipinski definition) is 1. The van der Waals surface area contributed by atoms with Crippen LogP contribution in [-0.2, 0) is 0 Å². The van der Waals surface area contributed by atoms with E-state index in [1.165, 1.54) is 0 Å². The zero-order chi connectivity index (χ0) is 13.9. The molecule has 8 heteroatoms. The molecule has 2 aromatic rings. The summed E-state index contributed by atoms with van der Waals surface area (Å²) in [4.78, 5) is 8.96. The highest BCUT2D eigenvalue weighted by Gasteiger charge is 2.16. The number of nitrogens with one attached hydrogen (secondary N) is 1. The highest BCUT2D eigenvalue weighted by atomic mass is 16.5. The Labute approximate surface area is 116 Å². The maximum absolute atomic E-state index is 4.99. The number of hydrogen-bond acceptors (Lipinski definition) is 8. The van der Waals surface area contributed by atoms with E-state index in [9.17, 15) is 0 Å². The lowest BCUT2D eigenvalue weighted by atomic mass is 10.3. The first-order valence-corrected chi connectivity index (χ1v) is 6.54. The van der Waals surface area contributed by atoms with E-state index in [0.717, 1.165) is 37.8 Å². The van der Waals surface area contributed by atoms with Gasteiger partial charge in [-0.1, -0.05) is 5.16 Å². The van der Waals surface area contributed by atoms with E-state index in [-0.39, 0.29) is 0 Å². The van der Waals surface area contributed by atoms with Crippen LogP contribution in [-0.4, -0.2) is 58.5 Å². The lowest BCUT2D eigenvalue weighted by Crippen LogP contribution is -2.44. The molecule has 1 fully saturated rings. The fourth-order valence-electron chi connectivity index (χ4n) is 2.08. The van der Waals surface area contributed by atoms with Gasteiger partial charge >= 0.3 is 0 Å². The van der Waals surface area contributed by atoms with Gasteiger partial charge in [0.05, 0.1) is 6.20 Å². The Kier molecular flexibility index (Phi) is 3.46. The van der Waals surface area contributed by atoms with Crippen molar-refractivity contribution in [1.29, 1.82) is 0 Å². The van der Waals surface area contributed by atoms with Crippen LogP contribution in [0.1, 0.15) is 5.76 Å². The molecule has 3 heterocycles. The van der Waals surface area contributed by atoms with Gasteiger partial charge in [0.2, 0.25) is 5.95 Å². The average molecular weight is 275 g/mol. The summed E-state index contributed by atoms with van der Waals surface area (Å²) in [6.07, 6.45) is 1.69. The molecule has 0 atom stereocenters. The summed E-state index contributed by atoms with van der Waals surface area (Å²) in [6, 6.07) is 1.78. The second-order valence-corrected chi connectivity index (χ2v) is 4.88. The van der Waals surface area contributed by atoms with Gasteiger partial charge in [-0.15, -0.1) is 5.10 Å². The monoisotopic (exact) mass is 275 g/mol. The Morgan fingerprint density at radius 3 is 2.75 bits per heavy atom. The molecule has 1 saturated heterocycles. The van der Waals surface area contributed by atoms with Crippen LogP contribution in [0, 0.1) is 6.92 Å². The summed E-state index contributed by atoms with van der Waals surface area (Å²) in [7, 11) is 2.12. The normalized spacial score (nSPS) is 16.4. The molecule has 0 bridgehead atoms. The van der Waals surface area contributed by atoms with Crippen molar-refractivity contribution < 1.29 is 4.52 Å². The molecule has 3 rings (SSSR count). The molecule has 0 aliphatic carbocycles. The molecule has 0 radical (unpaired) electrons. The standard InChI is InChI=1S/C12H17N7O/c1-9-7-10(17-20-9)14-12-15-11(8-13-16-12)19-5-3-18(2)4-6-19/h7-8H,3-6H2,1-2H3,(H,14,15,16,17). The third-order valence-corrected chi connectivity index (χ3v) is 3.24. The molecule has 1 aliphatic heterocycles. The third-order valence-electron chi connectivity index (χ3n) is 3.24. The Hall–Kier alpha value is -2.22. The molecule has 1 aliphatic rings. The summed E-state index contributed by atoms with van der Waals surface area (Å²) in [5.74, 6) is 2.57. The topological polar surface area (TPSA) is 83.2 Å². The van der Waals surface area contributed by atoms with Crippen molar-refractivity contribution in [3.8, 4) is 0 Å². The van der Waals surface area contributed by atoms with Gasteiger partial charge in [-0.05, 0) is 14.0 Å². The molecule has 2 aromatic heterocycles. The van der Waals surface area contributed by atoms with Crippen LogP contribution in [0.5, 0.6) is 0 Å². The van der Waals surface area contributed by atoms with Crippen LogP contribution < -0.4 is 10.2 Å². The minimum absolute atomic E-state index is 0.426. The minimum atomic E-state index is 0.426. The van der Waals surface area contributed by atoms with Gasteiger partial charge < -0.3 is 19.6 Å². The van der Waals surface area contributed by atoms with E-state index in [1.54, 1.807) is 12.3 Å². The first-order valence-electron chi connectivity index (χ1n) is 6.54. The van der Waals surface area contributed by atoms with E-state index < -0.39 is 0 Å². The zero-order valence-corrected chi connectivity index (χ0v) is 11.6. The summed E-state index contributed by atoms with van der Waals surface area (Å²) in [5.41, 5.74) is 0. The molecule has 106 valence electrons. The van der Waals surface area contributed by atoms with Crippen molar-refractivity contribution in [1.82, 2.24) is 25.2 Å². The number of nitrogens with zero attached hydrogens (tertiary/aromatic N) is 6. The summed E-state index contributed by atoms with van der Waals surface area (Å²) < 4.78 is 4.99. The number of rotatable bonds is 3. The van der Waals surface area contributed by atoms with E-state index in [0.29, 0.717) is 11.8 Å². The second kappa shape index (κ2) is 5.41. The number of anilines is 3. The van der Waals surface area contributed by atoms with Crippen LogP contribution in [0.3, 0.4) is 0 Å². The Morgan fingerprint density at radius 2 is 2.05 bits per heavy atom. The Balaban J connectivity index is 1.72. The first kappa shape index (κ1) is 12.8. The maximum Gasteiger partial charge on any atom is 0.250 e. The number of piperazine rings is 1. The van der Waals surface area contributed by atoms with Crippen LogP contribution in [0.15, 0.2) is 16.8 Å². The SMILES string of the molecule is Cc1cc(Nc2nncc(N3CCN(C)CC3)n2)no1. The summed E-state index contributed by atoms with van der Waals surface area (Å²) >= 11 is 0. The van der Waals surface area contributed by atoms with E-state index in [4.69, 9.17) is 4.52 Å². The van der Waals surface area contributed by atoms with Gasteiger partial charge in [-0.2, -0.15) is 10.1 Å². The average Bonchev–Trinajstić information content (AvgIpc) is 2.85. The van der Waals surface area contributed by atoms with E-state index >= 15 is 0 Å². The molecule has 0 unspecified atom stereocenters. The number of aromatic nitrogens is 4. The molecule has 0 spiro atoms. The van der Waals surface area contributed by atoms with Crippen LogP contribution >= 0.6 is 0 Å². The van der Waals surface area contributed by atoms with Crippen molar-refractivity contribution in [2.45, 2.75) is 6.92 Å². The van der Waals surface area contributed by atoms with E-state index in [2.05, 4.69) is 42.5 Å². The highest BCUT2D eigenvalue weighted by molar-refractivity contribution is 5.49. The maximum atomic E-state index is 4.99. The Bertz CT molecular complexity index is 577. The summed E-state index contributed by atoms with van der Waals surface area (Å²) in [5, 5.41) is 14.8. The predicted octanol–water partition coefficient (Wildman–Crippen LogP) is 0.663. The molecule has 0 saturated carbocycles. The van der Waals surface area contributed by atoms with Crippen molar-refractivity contribution >= 4 is 17.6 Å². The smallest absolute Gasteiger partial charge is 0.250 e. The number of likely N-dealkylation sites (N-methyl/N-ethyl adjacent to an activating group) is 1. The molecule has 0 amide bonds. The van der Waals surface area contributed by atoms with Crippen LogP contribution in [0.25, 0.3) is 0 Å². The van der Waals surface area contributed by atoms with Crippen molar-refractivity contribution in [2.75, 3.05) is 43.4 Å². The van der Waals surface area contributed by atoms with Gasteiger partial charge in [0.15, 0.2) is 11.6 Å². The fraction of sp³-hybridized carbons (Fsp3) is 0.500. The van der Waals surface area contributed by atoms with Crippen molar-refractivity contribution in [3.05, 3.63) is 18.0 Å². The molecule has 0 aromatic carbocycles. The van der Waals surface area contributed by atoms with Crippen molar-refractivity contribution in [3.63, 3.8) is 0 Å². The van der Waals surface area contributed by atoms with Gasteiger partial charge in [-0.3, -0.25) is 0 Å². The molecular weight excluding hydrogens is 258 g/mol. The molecule has 1 N–H and O–H groups in total. The molecular formula is C12H17N7O. The number of aryl methyl sites for hydroxylation is 1. The highest BCUT2D eigenvalue weighted by Crippen LogP contribution is 2.16.